The van der Waals surface area contributed by atoms with Gasteiger partial charge >= 0.3 is 5.97 Å². The molecule has 0 aliphatic carbocycles. The monoisotopic (exact) mass is 378 g/mol. The maximum atomic E-state index is 12.3. The summed E-state index contributed by atoms with van der Waals surface area (Å²) in [5.74, 6) is 0.856. The van der Waals surface area contributed by atoms with E-state index in [0.717, 1.165) is 19.3 Å². The van der Waals surface area contributed by atoms with E-state index < -0.39 is 17.2 Å². The van der Waals surface area contributed by atoms with Gasteiger partial charge in [-0.05, 0) is 77.4 Å². The van der Waals surface area contributed by atoms with Crippen molar-refractivity contribution in [1.82, 2.24) is 10.2 Å². The van der Waals surface area contributed by atoms with E-state index in [4.69, 9.17) is 26.1 Å². The molecule has 1 aromatic carbocycles. The third kappa shape index (κ3) is 6.29. The molecular weight excluding hydrogens is 352 g/mol. The molecule has 0 spiro atoms. The number of carbonyl (C=O) groups is 1. The normalized spacial score (nSPS) is 12.0. The fourth-order valence-corrected chi connectivity index (χ4v) is 2.41. The molecule has 0 unspecified atom stereocenters. The fraction of sp³-hybridized carbons (Fsp3) is 0.526. The van der Waals surface area contributed by atoms with Gasteiger partial charge < -0.3 is 13.9 Å². The van der Waals surface area contributed by atoms with E-state index >= 15 is 0 Å². The Morgan fingerprint density at radius 1 is 1.15 bits per heavy atom. The van der Waals surface area contributed by atoms with Crippen molar-refractivity contribution in [1.29, 1.82) is 0 Å². The first-order valence-electron chi connectivity index (χ1n) is 8.61. The number of esters is 1. The number of nitrogens with one attached hydrogen (secondary N) is 1. The number of benzene rings is 1. The summed E-state index contributed by atoms with van der Waals surface area (Å²) >= 11 is 4.85. The number of carbonyl (C=O) groups excluding carboxylic acids is 1. The van der Waals surface area contributed by atoms with Crippen LogP contribution in [0.15, 0.2) is 28.7 Å². The molecule has 2 aromatic rings. The smallest absolute Gasteiger partial charge is 0.350 e. The molecule has 1 aromatic heterocycles. The second kappa shape index (κ2) is 8.03. The van der Waals surface area contributed by atoms with Crippen LogP contribution in [0.4, 0.5) is 0 Å². The molecule has 1 heterocycles. The van der Waals surface area contributed by atoms with Crippen LogP contribution >= 0.6 is 12.2 Å². The molecule has 0 radical (unpaired) electrons. The molecule has 2 rings (SSSR count). The van der Waals surface area contributed by atoms with Gasteiger partial charge in [0.25, 0.3) is 4.84 Å². The largest absolute Gasteiger partial charge is 0.476 e. The van der Waals surface area contributed by atoms with Crippen LogP contribution in [-0.2, 0) is 22.4 Å². The Morgan fingerprint density at radius 2 is 1.81 bits per heavy atom. The van der Waals surface area contributed by atoms with E-state index in [2.05, 4.69) is 10.2 Å². The van der Waals surface area contributed by atoms with Crippen molar-refractivity contribution in [3.8, 4) is 5.75 Å². The predicted molar refractivity (Wildman–Crippen MR) is 101 cm³/mol. The van der Waals surface area contributed by atoms with Crippen molar-refractivity contribution in [3.63, 3.8) is 0 Å². The number of nitrogens with zero attached hydrogens (tertiary/aromatic N) is 1. The lowest BCUT2D eigenvalue weighted by atomic mass is 10.1. The van der Waals surface area contributed by atoms with Crippen LogP contribution in [0.1, 0.15) is 52.5 Å². The second-order valence-electron chi connectivity index (χ2n) is 7.62. The van der Waals surface area contributed by atoms with Gasteiger partial charge in [-0.2, -0.15) is 0 Å². The quantitative estimate of drug-likeness (QED) is 0.568. The molecule has 0 aliphatic rings. The van der Waals surface area contributed by atoms with Crippen LogP contribution in [0.5, 0.6) is 5.75 Å². The Bertz CT molecular complexity index is 785. The van der Waals surface area contributed by atoms with Crippen molar-refractivity contribution in [2.45, 2.75) is 65.1 Å². The molecule has 0 amide bonds. The molecule has 0 aliphatic heterocycles. The van der Waals surface area contributed by atoms with Crippen molar-refractivity contribution in [3.05, 3.63) is 40.6 Å². The first kappa shape index (κ1) is 20.2. The average Bonchev–Trinajstić information content (AvgIpc) is 2.92. The summed E-state index contributed by atoms with van der Waals surface area (Å²) in [5, 5.41) is 6.60. The van der Waals surface area contributed by atoms with Gasteiger partial charge in [0.1, 0.15) is 11.4 Å². The molecule has 1 N–H and O–H groups in total. The maximum absolute atomic E-state index is 12.3. The van der Waals surface area contributed by atoms with E-state index in [1.807, 2.05) is 45.0 Å². The van der Waals surface area contributed by atoms with Crippen LogP contribution in [-0.4, -0.2) is 27.4 Å². The molecular formula is C19H26N2O4S. The molecule has 0 bridgehead atoms. The summed E-state index contributed by atoms with van der Waals surface area (Å²) in [6.07, 6.45) is 2.49. The summed E-state index contributed by atoms with van der Waals surface area (Å²) in [5.41, 5.74) is -0.437. The first-order valence-corrected chi connectivity index (χ1v) is 9.02. The molecule has 26 heavy (non-hydrogen) atoms. The number of aryl methyl sites for hydroxylation is 2. The van der Waals surface area contributed by atoms with Crippen molar-refractivity contribution < 1.29 is 18.7 Å². The Balaban J connectivity index is 1.88. The molecule has 0 fully saturated rings. The van der Waals surface area contributed by atoms with E-state index in [1.54, 1.807) is 13.8 Å². The third-order valence-electron chi connectivity index (χ3n) is 3.53. The third-order valence-corrected chi connectivity index (χ3v) is 3.70. The van der Waals surface area contributed by atoms with Crippen LogP contribution < -0.4 is 4.74 Å². The molecule has 0 saturated carbocycles. The summed E-state index contributed by atoms with van der Waals surface area (Å²) in [4.78, 5) is 12.6. The van der Waals surface area contributed by atoms with Crippen LogP contribution in [0.2, 0.25) is 0 Å². The van der Waals surface area contributed by atoms with Gasteiger partial charge in [-0.25, -0.2) is 9.89 Å². The highest BCUT2D eigenvalue weighted by Crippen LogP contribution is 2.22. The van der Waals surface area contributed by atoms with Gasteiger partial charge in [-0.1, -0.05) is 12.1 Å². The Labute approximate surface area is 158 Å². The summed E-state index contributed by atoms with van der Waals surface area (Å²) in [7, 11) is 0. The van der Waals surface area contributed by atoms with Crippen LogP contribution in [0, 0.1) is 4.84 Å². The minimum atomic E-state index is -1.06. The number of aromatic amines is 1. The standard InChI is InChI=1S/C19H26N2O4S/c1-18(2,3)25-16(22)19(4,5)24-14-11-9-13(10-12-14)7-6-8-15-20-21-17(26)23-15/h9-12H,6-8H2,1-5H3,(H,21,26). The number of ether oxygens (including phenoxy) is 2. The van der Waals surface area contributed by atoms with E-state index in [1.165, 1.54) is 5.56 Å². The van der Waals surface area contributed by atoms with Crippen molar-refractivity contribution in [2.24, 2.45) is 0 Å². The number of hydrogen-bond acceptors (Lipinski definition) is 6. The highest BCUT2D eigenvalue weighted by molar-refractivity contribution is 7.71. The highest BCUT2D eigenvalue weighted by atomic mass is 32.1. The minimum Gasteiger partial charge on any atom is -0.476 e. The molecule has 0 atom stereocenters. The zero-order valence-electron chi connectivity index (χ0n) is 15.9. The van der Waals surface area contributed by atoms with Gasteiger partial charge in [0.2, 0.25) is 5.89 Å². The number of hydrogen-bond donors (Lipinski definition) is 1. The van der Waals surface area contributed by atoms with Gasteiger partial charge in [0, 0.05) is 6.42 Å². The Morgan fingerprint density at radius 3 is 2.35 bits per heavy atom. The van der Waals surface area contributed by atoms with Crippen LogP contribution in [0.25, 0.3) is 0 Å². The average molecular weight is 378 g/mol. The SMILES string of the molecule is CC(C)(C)OC(=O)C(C)(C)Oc1ccc(CCCc2n[nH]c(=S)o2)cc1. The number of aromatic nitrogens is 2. The fourth-order valence-electron chi connectivity index (χ4n) is 2.27. The Kier molecular flexibility index (Phi) is 6.23. The van der Waals surface area contributed by atoms with Gasteiger partial charge in [0.05, 0.1) is 0 Å². The van der Waals surface area contributed by atoms with Gasteiger partial charge in [-0.15, -0.1) is 5.10 Å². The minimum absolute atomic E-state index is 0.300. The lowest BCUT2D eigenvalue weighted by molar-refractivity contribution is -0.170. The zero-order chi connectivity index (χ0) is 19.4. The number of rotatable bonds is 7. The first-order chi connectivity index (χ1) is 12.0. The van der Waals surface area contributed by atoms with E-state index in [0.29, 0.717) is 16.5 Å². The Hall–Kier alpha value is -2.15. The lowest BCUT2D eigenvalue weighted by Crippen LogP contribution is -2.43. The van der Waals surface area contributed by atoms with Crippen molar-refractivity contribution in [2.75, 3.05) is 0 Å². The summed E-state index contributed by atoms with van der Waals surface area (Å²) in [6.45, 7) is 8.91. The second-order valence-corrected chi connectivity index (χ2v) is 7.99. The predicted octanol–water partition coefficient (Wildman–Crippen LogP) is 4.41. The van der Waals surface area contributed by atoms with E-state index in [-0.39, 0.29) is 0 Å². The van der Waals surface area contributed by atoms with Gasteiger partial charge in [0.15, 0.2) is 5.60 Å². The molecule has 0 saturated heterocycles. The lowest BCUT2D eigenvalue weighted by Gasteiger charge is -2.29. The number of H-pyrrole nitrogens is 1. The van der Waals surface area contributed by atoms with Crippen LogP contribution in [0.3, 0.4) is 0 Å². The molecule has 7 heteroatoms. The maximum Gasteiger partial charge on any atom is 0.350 e. The summed E-state index contributed by atoms with van der Waals surface area (Å²) < 4.78 is 16.5. The molecule has 6 nitrogen and oxygen atoms in total. The van der Waals surface area contributed by atoms with E-state index in [9.17, 15) is 4.79 Å². The summed E-state index contributed by atoms with van der Waals surface area (Å²) in [6, 6.07) is 7.70. The highest BCUT2D eigenvalue weighted by Gasteiger charge is 2.34. The molecule has 142 valence electrons. The van der Waals surface area contributed by atoms with Crippen molar-refractivity contribution >= 4 is 18.2 Å². The van der Waals surface area contributed by atoms with Gasteiger partial charge in [-0.3, -0.25) is 0 Å². The zero-order valence-corrected chi connectivity index (χ0v) is 16.7. The topological polar surface area (TPSA) is 77.4 Å².